The fraction of sp³-hybridized carbons (Fsp3) is 0.368. The van der Waals surface area contributed by atoms with E-state index in [9.17, 15) is 10.5 Å². The summed E-state index contributed by atoms with van der Waals surface area (Å²) in [5, 5.41) is 27.4. The monoisotopic (exact) mass is 361 g/mol. The van der Waals surface area contributed by atoms with Crippen molar-refractivity contribution in [2.75, 3.05) is 13.7 Å². The minimum absolute atomic E-state index is 0.175. The maximum Gasteiger partial charge on any atom is 0.179 e. The summed E-state index contributed by atoms with van der Waals surface area (Å²) in [5.74, 6) is 0.596. The van der Waals surface area contributed by atoms with Crippen molar-refractivity contribution >= 4 is 5.52 Å². The van der Waals surface area contributed by atoms with Crippen LogP contribution >= 0.6 is 0 Å². The molecule has 4 heterocycles. The second kappa shape index (κ2) is 6.33. The Morgan fingerprint density at radius 3 is 2.74 bits per heavy atom. The van der Waals surface area contributed by atoms with E-state index in [2.05, 4.69) is 29.4 Å². The summed E-state index contributed by atoms with van der Waals surface area (Å²) in [7, 11) is 1.58. The third-order valence-electron chi connectivity index (χ3n) is 5.30. The number of hydrogen-bond donors (Lipinski definition) is 0. The Bertz CT molecular complexity index is 1100. The highest BCUT2D eigenvalue weighted by Crippen LogP contribution is 2.34. The molecule has 8 heteroatoms. The number of likely N-dealkylation sites (tertiary alicyclic amines) is 1. The number of ether oxygens (including phenoxy) is 1. The topological polar surface area (TPSA) is 95.2 Å². The lowest BCUT2D eigenvalue weighted by molar-refractivity contribution is 0.378. The molecule has 3 aromatic heterocycles. The summed E-state index contributed by atoms with van der Waals surface area (Å²) in [6.07, 6.45) is 8.40. The molecule has 1 fully saturated rings. The van der Waals surface area contributed by atoms with Gasteiger partial charge in [0.15, 0.2) is 6.19 Å². The molecule has 4 rings (SSSR count). The molecule has 0 spiro atoms. The molecule has 8 nitrogen and oxygen atoms in total. The fourth-order valence-corrected chi connectivity index (χ4v) is 3.86. The number of pyridine rings is 1. The molecule has 0 N–H and O–H groups in total. The van der Waals surface area contributed by atoms with Gasteiger partial charge in [-0.15, -0.1) is 0 Å². The van der Waals surface area contributed by atoms with Crippen molar-refractivity contribution in [3.8, 4) is 29.1 Å². The number of aromatic nitrogens is 4. The first-order valence-corrected chi connectivity index (χ1v) is 8.73. The number of nitrogens with zero attached hydrogens (tertiary/aromatic N) is 7. The highest BCUT2D eigenvalue weighted by atomic mass is 16.5. The maximum absolute atomic E-state index is 9.26. The van der Waals surface area contributed by atoms with E-state index >= 15 is 0 Å². The average Bonchev–Trinajstić information content (AvgIpc) is 3.36. The maximum atomic E-state index is 9.26. The Kier molecular flexibility index (Phi) is 3.97. The van der Waals surface area contributed by atoms with E-state index in [4.69, 9.17) is 4.74 Å². The van der Waals surface area contributed by atoms with E-state index in [1.807, 2.05) is 30.1 Å². The number of hydrogen-bond acceptors (Lipinski definition) is 6. The summed E-state index contributed by atoms with van der Waals surface area (Å²) < 4.78 is 9.17. The first-order chi connectivity index (χ1) is 13.1. The van der Waals surface area contributed by atoms with E-state index < -0.39 is 0 Å². The van der Waals surface area contributed by atoms with Crippen LogP contribution in [0.2, 0.25) is 0 Å². The molecule has 2 atom stereocenters. The van der Waals surface area contributed by atoms with Crippen LogP contribution in [0, 0.1) is 29.7 Å². The zero-order chi connectivity index (χ0) is 19.1. The molecule has 136 valence electrons. The van der Waals surface area contributed by atoms with E-state index in [1.165, 1.54) is 6.20 Å². The molecule has 1 aliphatic heterocycles. The first kappa shape index (κ1) is 16.9. The fourth-order valence-electron chi connectivity index (χ4n) is 3.86. The van der Waals surface area contributed by atoms with Crippen LogP contribution in [-0.4, -0.2) is 44.0 Å². The zero-order valence-electron chi connectivity index (χ0n) is 15.4. The van der Waals surface area contributed by atoms with Crippen molar-refractivity contribution in [3.63, 3.8) is 0 Å². The van der Waals surface area contributed by atoms with Gasteiger partial charge in [-0.05, 0) is 26.3 Å². The van der Waals surface area contributed by atoms with E-state index in [0.717, 1.165) is 23.2 Å². The van der Waals surface area contributed by atoms with Crippen LogP contribution in [0.4, 0.5) is 0 Å². The standard InChI is InChI=1S/C19H19N7O/c1-12-4-16(10-24(12)11-21)26-13(2)17(8-23-26)14-5-18(27-3)19-15(6-20)7-22-25(19)9-14/h5,7-9,12,16H,4,10H2,1-3H3/t12-,16-/m0/s1. The molecule has 1 saturated heterocycles. The summed E-state index contributed by atoms with van der Waals surface area (Å²) in [4.78, 5) is 1.80. The van der Waals surface area contributed by atoms with Gasteiger partial charge in [0.2, 0.25) is 0 Å². The summed E-state index contributed by atoms with van der Waals surface area (Å²) in [6, 6.07) is 4.44. The molecule has 0 unspecified atom stereocenters. The van der Waals surface area contributed by atoms with E-state index in [-0.39, 0.29) is 12.1 Å². The number of fused-ring (bicyclic) bond motifs is 1. The number of rotatable bonds is 3. The Morgan fingerprint density at radius 2 is 2.07 bits per heavy atom. The van der Waals surface area contributed by atoms with Crippen molar-refractivity contribution in [1.29, 1.82) is 10.5 Å². The van der Waals surface area contributed by atoms with Crippen LogP contribution in [0.5, 0.6) is 5.75 Å². The zero-order valence-corrected chi connectivity index (χ0v) is 15.4. The molecule has 0 aromatic carbocycles. The smallest absolute Gasteiger partial charge is 0.179 e. The summed E-state index contributed by atoms with van der Waals surface area (Å²) in [6.45, 7) is 4.77. The second-order valence-corrected chi connectivity index (χ2v) is 6.84. The Balaban J connectivity index is 1.76. The van der Waals surface area contributed by atoms with Crippen LogP contribution in [0.15, 0.2) is 24.7 Å². The highest BCUT2D eigenvalue weighted by molar-refractivity contribution is 5.75. The van der Waals surface area contributed by atoms with Crippen molar-refractivity contribution in [2.45, 2.75) is 32.4 Å². The van der Waals surface area contributed by atoms with E-state index in [1.54, 1.807) is 16.5 Å². The minimum Gasteiger partial charge on any atom is -0.494 e. The van der Waals surface area contributed by atoms with Gasteiger partial charge in [-0.3, -0.25) is 4.68 Å². The highest BCUT2D eigenvalue weighted by Gasteiger charge is 2.31. The molecule has 0 radical (unpaired) electrons. The van der Waals surface area contributed by atoms with Gasteiger partial charge in [-0.2, -0.15) is 20.7 Å². The largest absolute Gasteiger partial charge is 0.494 e. The molecule has 0 bridgehead atoms. The predicted molar refractivity (Wildman–Crippen MR) is 97.9 cm³/mol. The molecule has 1 aliphatic rings. The second-order valence-electron chi connectivity index (χ2n) is 6.84. The van der Waals surface area contributed by atoms with Gasteiger partial charge in [-0.25, -0.2) is 4.52 Å². The van der Waals surface area contributed by atoms with Crippen molar-refractivity contribution in [1.82, 2.24) is 24.3 Å². The quantitative estimate of drug-likeness (QED) is 0.665. The first-order valence-electron chi connectivity index (χ1n) is 8.73. The molecule has 27 heavy (non-hydrogen) atoms. The van der Waals surface area contributed by atoms with Crippen LogP contribution in [0.1, 0.15) is 30.6 Å². The summed E-state index contributed by atoms with van der Waals surface area (Å²) in [5.41, 5.74) is 4.05. The van der Waals surface area contributed by atoms with Crippen LogP contribution in [-0.2, 0) is 0 Å². The van der Waals surface area contributed by atoms with Gasteiger partial charge < -0.3 is 9.64 Å². The molecule has 3 aromatic rings. The van der Waals surface area contributed by atoms with Crippen LogP contribution in [0.3, 0.4) is 0 Å². The summed E-state index contributed by atoms with van der Waals surface area (Å²) >= 11 is 0. The SMILES string of the molecule is COc1cc(-c2cnn([C@H]3C[C@H](C)N(C#N)C3)c2C)cn2ncc(C#N)c12. The van der Waals surface area contributed by atoms with Crippen molar-refractivity contribution in [2.24, 2.45) is 0 Å². The van der Waals surface area contributed by atoms with Gasteiger partial charge in [0.25, 0.3) is 0 Å². The number of nitriles is 2. The van der Waals surface area contributed by atoms with Crippen molar-refractivity contribution < 1.29 is 4.74 Å². The molecule has 0 amide bonds. The third-order valence-corrected chi connectivity index (χ3v) is 5.30. The van der Waals surface area contributed by atoms with Gasteiger partial charge in [0.05, 0.1) is 32.1 Å². The third kappa shape index (κ3) is 2.58. The predicted octanol–water partition coefficient (Wildman–Crippen LogP) is 2.50. The normalized spacial score (nSPS) is 19.2. The van der Waals surface area contributed by atoms with Crippen LogP contribution in [0.25, 0.3) is 16.6 Å². The van der Waals surface area contributed by atoms with E-state index in [0.29, 0.717) is 23.4 Å². The van der Waals surface area contributed by atoms with Gasteiger partial charge >= 0.3 is 0 Å². The Labute approximate surface area is 156 Å². The lowest BCUT2D eigenvalue weighted by atomic mass is 10.1. The van der Waals surface area contributed by atoms with Gasteiger partial charge in [-0.1, -0.05) is 0 Å². The molecular formula is C19H19N7O. The Morgan fingerprint density at radius 1 is 1.26 bits per heavy atom. The minimum atomic E-state index is 0.175. The average molecular weight is 361 g/mol. The van der Waals surface area contributed by atoms with Crippen molar-refractivity contribution in [3.05, 3.63) is 35.9 Å². The molecular weight excluding hydrogens is 342 g/mol. The molecule has 0 aliphatic carbocycles. The Hall–Kier alpha value is -3.52. The number of methoxy groups -OCH3 is 1. The molecule has 0 saturated carbocycles. The van der Waals surface area contributed by atoms with Gasteiger partial charge in [0.1, 0.15) is 22.9 Å². The lowest BCUT2D eigenvalue weighted by Gasteiger charge is -2.13. The van der Waals surface area contributed by atoms with Gasteiger partial charge in [0, 0.05) is 29.1 Å². The lowest BCUT2D eigenvalue weighted by Crippen LogP contribution is -2.21. The van der Waals surface area contributed by atoms with Crippen LogP contribution < -0.4 is 4.74 Å².